The van der Waals surface area contributed by atoms with Crippen molar-refractivity contribution in [3.63, 3.8) is 0 Å². The Balaban J connectivity index is 1.88. The second-order valence-electron chi connectivity index (χ2n) is 4.17. The van der Waals surface area contributed by atoms with E-state index >= 15 is 0 Å². The van der Waals surface area contributed by atoms with E-state index in [2.05, 4.69) is 22.4 Å². The summed E-state index contributed by atoms with van der Waals surface area (Å²) in [5.41, 5.74) is 0.848. The Bertz CT molecular complexity index is 463. The van der Waals surface area contributed by atoms with Crippen LogP contribution in [0, 0.1) is 5.92 Å². The van der Waals surface area contributed by atoms with E-state index < -0.39 is 0 Å². The van der Waals surface area contributed by atoms with Gasteiger partial charge in [-0.2, -0.15) is 4.98 Å². The zero-order chi connectivity index (χ0) is 11.0. The first kappa shape index (κ1) is 9.59. The molecule has 3 heterocycles. The Labute approximate surface area is 92.8 Å². The van der Waals surface area contributed by atoms with Gasteiger partial charge in [-0.1, -0.05) is 12.1 Å². The van der Waals surface area contributed by atoms with Gasteiger partial charge in [0.15, 0.2) is 0 Å². The molecule has 0 saturated carbocycles. The standard InChI is InChI=1S/C11H13N3O2/c1-7-2-4-12-9(7)11-13-10(14-16-11)8-3-5-15-6-8/h3,5-7,9,12H,2,4H2,1H3. The molecule has 84 valence electrons. The molecular weight excluding hydrogens is 206 g/mol. The highest BCUT2D eigenvalue weighted by molar-refractivity contribution is 5.51. The highest BCUT2D eigenvalue weighted by Crippen LogP contribution is 2.29. The molecule has 1 aliphatic rings. The van der Waals surface area contributed by atoms with Crippen molar-refractivity contribution in [2.75, 3.05) is 6.54 Å². The molecule has 1 fully saturated rings. The van der Waals surface area contributed by atoms with Crippen LogP contribution in [0.3, 0.4) is 0 Å². The maximum atomic E-state index is 5.28. The molecule has 0 spiro atoms. The third-order valence-corrected chi connectivity index (χ3v) is 3.02. The average Bonchev–Trinajstić information content (AvgIpc) is 2.96. The molecule has 2 atom stereocenters. The molecule has 1 N–H and O–H groups in total. The lowest BCUT2D eigenvalue weighted by atomic mass is 10.0. The van der Waals surface area contributed by atoms with Crippen LogP contribution >= 0.6 is 0 Å². The van der Waals surface area contributed by atoms with Gasteiger partial charge in [0.1, 0.15) is 6.26 Å². The first-order valence-corrected chi connectivity index (χ1v) is 5.44. The van der Waals surface area contributed by atoms with Gasteiger partial charge in [-0.3, -0.25) is 0 Å². The summed E-state index contributed by atoms with van der Waals surface area (Å²) in [6.45, 7) is 3.20. The van der Waals surface area contributed by atoms with Crippen LogP contribution in [0.25, 0.3) is 11.4 Å². The largest absolute Gasteiger partial charge is 0.472 e. The van der Waals surface area contributed by atoms with Crippen LogP contribution in [0.1, 0.15) is 25.3 Å². The fourth-order valence-electron chi connectivity index (χ4n) is 2.04. The maximum absolute atomic E-state index is 5.28. The van der Waals surface area contributed by atoms with E-state index in [1.807, 2.05) is 6.07 Å². The third kappa shape index (κ3) is 1.53. The second-order valence-corrected chi connectivity index (χ2v) is 4.17. The van der Waals surface area contributed by atoms with Crippen molar-refractivity contribution in [2.45, 2.75) is 19.4 Å². The van der Waals surface area contributed by atoms with Crippen molar-refractivity contribution >= 4 is 0 Å². The zero-order valence-electron chi connectivity index (χ0n) is 9.01. The molecule has 0 bridgehead atoms. The molecular formula is C11H13N3O2. The number of hydrogen-bond acceptors (Lipinski definition) is 5. The Hall–Kier alpha value is -1.62. The number of furan rings is 1. The lowest BCUT2D eigenvalue weighted by molar-refractivity contribution is 0.319. The molecule has 2 unspecified atom stereocenters. The highest BCUT2D eigenvalue weighted by atomic mass is 16.5. The summed E-state index contributed by atoms with van der Waals surface area (Å²) >= 11 is 0. The SMILES string of the molecule is CC1CCNC1c1nc(-c2ccoc2)no1. The quantitative estimate of drug-likeness (QED) is 0.836. The van der Waals surface area contributed by atoms with Gasteiger partial charge >= 0.3 is 0 Å². The first-order valence-electron chi connectivity index (χ1n) is 5.44. The number of nitrogens with zero attached hydrogens (tertiary/aromatic N) is 2. The van der Waals surface area contributed by atoms with Gasteiger partial charge in [0.2, 0.25) is 11.7 Å². The van der Waals surface area contributed by atoms with Gasteiger partial charge < -0.3 is 14.3 Å². The van der Waals surface area contributed by atoms with Crippen LogP contribution in [0.4, 0.5) is 0 Å². The average molecular weight is 219 g/mol. The summed E-state index contributed by atoms with van der Waals surface area (Å²) in [7, 11) is 0. The van der Waals surface area contributed by atoms with Crippen LogP contribution in [0.15, 0.2) is 27.5 Å². The summed E-state index contributed by atoms with van der Waals surface area (Å²) in [5, 5.41) is 7.31. The molecule has 0 aromatic carbocycles. The van der Waals surface area contributed by atoms with Crippen molar-refractivity contribution in [1.82, 2.24) is 15.5 Å². The van der Waals surface area contributed by atoms with Gasteiger partial charge in [0, 0.05) is 0 Å². The van der Waals surface area contributed by atoms with Gasteiger partial charge in [-0.05, 0) is 24.9 Å². The Morgan fingerprint density at radius 1 is 1.50 bits per heavy atom. The molecule has 2 aromatic rings. The van der Waals surface area contributed by atoms with E-state index in [0.29, 0.717) is 17.6 Å². The van der Waals surface area contributed by atoms with E-state index in [9.17, 15) is 0 Å². The molecule has 1 aliphatic heterocycles. The molecule has 2 aromatic heterocycles. The molecule has 0 radical (unpaired) electrons. The van der Waals surface area contributed by atoms with Crippen LogP contribution in [0.2, 0.25) is 0 Å². The first-order chi connectivity index (χ1) is 7.84. The fraction of sp³-hybridized carbons (Fsp3) is 0.455. The Morgan fingerprint density at radius 2 is 2.44 bits per heavy atom. The minimum absolute atomic E-state index is 0.188. The van der Waals surface area contributed by atoms with E-state index in [1.165, 1.54) is 0 Å². The van der Waals surface area contributed by atoms with Crippen LogP contribution in [-0.2, 0) is 0 Å². The second kappa shape index (κ2) is 3.75. The van der Waals surface area contributed by atoms with Crippen molar-refractivity contribution in [3.05, 3.63) is 24.5 Å². The maximum Gasteiger partial charge on any atom is 0.244 e. The van der Waals surface area contributed by atoms with E-state index in [0.717, 1.165) is 18.5 Å². The number of rotatable bonds is 2. The Morgan fingerprint density at radius 3 is 3.12 bits per heavy atom. The third-order valence-electron chi connectivity index (χ3n) is 3.02. The Kier molecular flexibility index (Phi) is 2.25. The molecule has 5 heteroatoms. The molecule has 0 amide bonds. The van der Waals surface area contributed by atoms with Crippen LogP contribution < -0.4 is 5.32 Å². The molecule has 0 aliphatic carbocycles. The summed E-state index contributed by atoms with van der Waals surface area (Å²) < 4.78 is 10.3. The lowest BCUT2D eigenvalue weighted by Crippen LogP contribution is -2.16. The van der Waals surface area contributed by atoms with Crippen molar-refractivity contribution in [1.29, 1.82) is 0 Å². The van der Waals surface area contributed by atoms with Gasteiger partial charge in [0.05, 0.1) is 17.9 Å². The molecule has 1 saturated heterocycles. The van der Waals surface area contributed by atoms with Gasteiger partial charge in [-0.25, -0.2) is 0 Å². The summed E-state index contributed by atoms with van der Waals surface area (Å²) in [6, 6.07) is 2.01. The molecule has 5 nitrogen and oxygen atoms in total. The highest BCUT2D eigenvalue weighted by Gasteiger charge is 2.29. The van der Waals surface area contributed by atoms with Gasteiger partial charge in [0.25, 0.3) is 0 Å². The molecule has 16 heavy (non-hydrogen) atoms. The van der Waals surface area contributed by atoms with Crippen molar-refractivity contribution in [3.8, 4) is 11.4 Å². The minimum Gasteiger partial charge on any atom is -0.472 e. The summed E-state index contributed by atoms with van der Waals surface area (Å²) in [4.78, 5) is 4.38. The number of hydrogen-bond donors (Lipinski definition) is 1. The lowest BCUT2D eigenvalue weighted by Gasteiger charge is -2.08. The number of aromatic nitrogens is 2. The van der Waals surface area contributed by atoms with E-state index in [1.54, 1.807) is 12.5 Å². The zero-order valence-corrected chi connectivity index (χ0v) is 9.01. The van der Waals surface area contributed by atoms with Gasteiger partial charge in [-0.15, -0.1) is 0 Å². The normalized spacial score (nSPS) is 25.1. The number of nitrogens with one attached hydrogen (secondary N) is 1. The van der Waals surface area contributed by atoms with Crippen molar-refractivity contribution in [2.24, 2.45) is 5.92 Å². The summed E-state index contributed by atoms with van der Waals surface area (Å²) in [6.07, 6.45) is 4.36. The smallest absolute Gasteiger partial charge is 0.244 e. The minimum atomic E-state index is 0.188. The predicted octanol–water partition coefficient (Wildman–Crippen LogP) is 2.00. The van der Waals surface area contributed by atoms with E-state index in [4.69, 9.17) is 8.94 Å². The fourth-order valence-corrected chi connectivity index (χ4v) is 2.04. The predicted molar refractivity (Wildman–Crippen MR) is 56.5 cm³/mol. The molecule has 3 rings (SSSR count). The monoisotopic (exact) mass is 219 g/mol. The topological polar surface area (TPSA) is 64.1 Å². The van der Waals surface area contributed by atoms with Crippen LogP contribution in [0.5, 0.6) is 0 Å². The van der Waals surface area contributed by atoms with Crippen molar-refractivity contribution < 1.29 is 8.94 Å². The van der Waals surface area contributed by atoms with Crippen LogP contribution in [-0.4, -0.2) is 16.7 Å². The van der Waals surface area contributed by atoms with E-state index in [-0.39, 0.29) is 6.04 Å². The summed E-state index contributed by atoms with van der Waals surface area (Å²) in [5.74, 6) is 1.79.